The number of benzene rings is 1. The normalized spacial score (nSPS) is 27.1. The molecular weight excluding hydrogens is 449 g/mol. The molecule has 10 heteroatoms. The summed E-state index contributed by atoms with van der Waals surface area (Å²) in [4.78, 5) is 38.5. The summed E-state index contributed by atoms with van der Waals surface area (Å²) < 4.78 is 5.86. The highest BCUT2D eigenvalue weighted by atomic mass is 35.5. The molecule has 2 amide bonds. The Morgan fingerprint density at radius 2 is 1.97 bits per heavy atom. The molecule has 0 saturated carbocycles. The number of hydrogen-bond acceptors (Lipinski definition) is 6. The smallest absolute Gasteiger partial charge is 0.487 e. The summed E-state index contributed by atoms with van der Waals surface area (Å²) >= 11 is 6.30. The van der Waals surface area contributed by atoms with Gasteiger partial charge in [0.1, 0.15) is 5.75 Å². The number of carboxylic acid groups (broad SMARTS) is 1. The second-order valence-corrected chi connectivity index (χ2v) is 9.54. The number of carbonyl (C=O) groups is 3. The molecule has 4 rings (SSSR count). The van der Waals surface area contributed by atoms with Crippen LogP contribution in [0.15, 0.2) is 29.2 Å². The van der Waals surface area contributed by atoms with E-state index in [1.165, 1.54) is 17.0 Å². The van der Waals surface area contributed by atoms with E-state index in [9.17, 15) is 24.5 Å². The highest BCUT2D eigenvalue weighted by Crippen LogP contribution is 2.51. The number of likely N-dealkylation sites (tertiary alicyclic amines) is 1. The molecule has 4 atom stereocenters. The number of fused-ring (bicyclic) bond motifs is 3. The number of allylic oxidation sites excluding steroid dienone is 2. The molecule has 0 bridgehead atoms. The van der Waals surface area contributed by atoms with Crippen LogP contribution < -0.4 is 0 Å². The van der Waals surface area contributed by atoms with E-state index in [4.69, 9.17) is 21.4 Å². The van der Waals surface area contributed by atoms with Gasteiger partial charge in [0.2, 0.25) is 11.8 Å². The predicted octanol–water partition coefficient (Wildman–Crippen LogP) is 3.11. The number of rotatable bonds is 7. The van der Waals surface area contributed by atoms with Gasteiger partial charge in [-0.15, -0.1) is 0 Å². The van der Waals surface area contributed by atoms with Crippen LogP contribution in [0.3, 0.4) is 0 Å². The molecule has 2 heterocycles. The van der Waals surface area contributed by atoms with Gasteiger partial charge in [-0.3, -0.25) is 19.3 Å². The van der Waals surface area contributed by atoms with Crippen molar-refractivity contribution in [1.29, 1.82) is 0 Å². The third kappa shape index (κ3) is 4.54. The van der Waals surface area contributed by atoms with Crippen LogP contribution in [0.1, 0.15) is 57.1 Å². The molecule has 0 aromatic heterocycles. The summed E-state index contributed by atoms with van der Waals surface area (Å²) in [7, 11) is -1.20. The van der Waals surface area contributed by atoms with E-state index < -0.39 is 31.0 Å². The van der Waals surface area contributed by atoms with Crippen LogP contribution >= 0.6 is 11.6 Å². The van der Waals surface area contributed by atoms with Crippen LogP contribution in [-0.4, -0.2) is 51.6 Å². The van der Waals surface area contributed by atoms with Crippen LogP contribution in [0, 0.1) is 17.8 Å². The Kier molecular flexibility index (Phi) is 6.84. The standard InChI is InChI=1S/C23H27BClNO7/c1-12-9-16-20(23(31)26(22(16)30)8-4-2-3-5-19(28)29)15-11-18(33-24(32)21(12)15)14-7-6-13(27)10-17(14)25/h6-7,10,15-16,18,20,27,32H,2-5,8-9,11H2,1H3,(H,28,29)/t15-,16-,18-,20+/m0/s1. The molecule has 1 aromatic carbocycles. The maximum atomic E-state index is 13.4. The van der Waals surface area contributed by atoms with Crippen molar-refractivity contribution < 1.29 is 34.3 Å². The van der Waals surface area contributed by atoms with Crippen molar-refractivity contribution >= 4 is 36.5 Å². The Balaban J connectivity index is 1.54. The minimum absolute atomic E-state index is 0.0184. The number of aromatic hydroxyl groups is 1. The molecule has 2 aliphatic heterocycles. The van der Waals surface area contributed by atoms with Crippen LogP contribution in [0.2, 0.25) is 5.02 Å². The number of aliphatic carboxylic acids is 1. The van der Waals surface area contributed by atoms with Crippen molar-refractivity contribution in [3.05, 3.63) is 39.8 Å². The number of carbonyl (C=O) groups excluding carboxylic acids is 2. The molecule has 3 N–H and O–H groups in total. The van der Waals surface area contributed by atoms with Crippen LogP contribution in [-0.2, 0) is 19.0 Å². The first-order valence-corrected chi connectivity index (χ1v) is 11.6. The van der Waals surface area contributed by atoms with E-state index in [0.717, 1.165) is 5.57 Å². The molecule has 33 heavy (non-hydrogen) atoms. The lowest BCUT2D eigenvalue weighted by Gasteiger charge is -2.41. The fourth-order valence-corrected chi connectivity index (χ4v) is 5.84. The number of phenols is 1. The van der Waals surface area contributed by atoms with E-state index >= 15 is 0 Å². The number of carboxylic acids is 1. The third-order valence-electron chi connectivity index (χ3n) is 7.05. The lowest BCUT2D eigenvalue weighted by Crippen LogP contribution is -2.44. The van der Waals surface area contributed by atoms with Crippen molar-refractivity contribution in [1.82, 2.24) is 4.90 Å². The number of phenolic OH excluding ortho intramolecular Hbond substituents is 1. The van der Waals surface area contributed by atoms with E-state index in [-0.39, 0.29) is 36.4 Å². The highest BCUT2D eigenvalue weighted by Gasteiger charge is 2.57. The molecule has 2 fully saturated rings. The van der Waals surface area contributed by atoms with E-state index in [1.807, 2.05) is 6.92 Å². The molecule has 0 radical (unpaired) electrons. The zero-order chi connectivity index (χ0) is 23.9. The zero-order valence-electron chi connectivity index (χ0n) is 18.4. The van der Waals surface area contributed by atoms with Crippen molar-refractivity contribution in [2.75, 3.05) is 6.54 Å². The predicted molar refractivity (Wildman–Crippen MR) is 120 cm³/mol. The van der Waals surface area contributed by atoms with E-state index in [0.29, 0.717) is 48.2 Å². The monoisotopic (exact) mass is 475 g/mol. The number of nitrogens with zero attached hydrogens (tertiary/aromatic N) is 1. The Morgan fingerprint density at radius 3 is 2.67 bits per heavy atom. The van der Waals surface area contributed by atoms with Gasteiger partial charge in [0.25, 0.3) is 0 Å². The Labute approximate surface area is 197 Å². The van der Waals surface area contributed by atoms with Gasteiger partial charge in [-0.05, 0) is 61.7 Å². The summed E-state index contributed by atoms with van der Waals surface area (Å²) in [5, 5.41) is 29.5. The minimum Gasteiger partial charge on any atom is -0.508 e. The quantitative estimate of drug-likeness (QED) is 0.314. The Morgan fingerprint density at radius 1 is 1.21 bits per heavy atom. The first kappa shape index (κ1) is 23.8. The van der Waals surface area contributed by atoms with Gasteiger partial charge in [-0.1, -0.05) is 29.7 Å². The largest absolute Gasteiger partial charge is 0.508 e. The second-order valence-electron chi connectivity index (χ2n) is 9.13. The highest BCUT2D eigenvalue weighted by molar-refractivity contribution is 6.53. The summed E-state index contributed by atoms with van der Waals surface area (Å²) in [6.45, 7) is 2.14. The van der Waals surface area contributed by atoms with Gasteiger partial charge in [0.05, 0.1) is 17.9 Å². The lowest BCUT2D eigenvalue weighted by atomic mass is 9.55. The number of unbranched alkanes of at least 4 members (excludes halogenated alkanes) is 2. The maximum Gasteiger partial charge on any atom is 0.487 e. The fourth-order valence-electron chi connectivity index (χ4n) is 5.54. The first-order valence-electron chi connectivity index (χ1n) is 11.3. The van der Waals surface area contributed by atoms with Gasteiger partial charge in [-0.2, -0.15) is 0 Å². The number of imide groups is 1. The Bertz CT molecular complexity index is 1010. The molecular formula is C23H27BClNO7. The molecule has 0 unspecified atom stereocenters. The van der Waals surface area contributed by atoms with Crippen molar-refractivity contribution in [2.45, 2.75) is 51.6 Å². The van der Waals surface area contributed by atoms with Crippen molar-refractivity contribution in [3.63, 3.8) is 0 Å². The molecule has 8 nitrogen and oxygen atoms in total. The van der Waals surface area contributed by atoms with Crippen LogP contribution in [0.4, 0.5) is 0 Å². The number of amides is 2. The SMILES string of the molecule is CC1=C2B(O)O[C@H](c3ccc(O)cc3Cl)C[C@H]2[C@H]2C(=O)N(CCCCCC(=O)O)C(=O)[C@H]2C1. The molecule has 1 aliphatic carbocycles. The van der Waals surface area contributed by atoms with Crippen LogP contribution in [0.25, 0.3) is 0 Å². The number of hydrogen-bond donors (Lipinski definition) is 3. The topological polar surface area (TPSA) is 124 Å². The summed E-state index contributed by atoms with van der Waals surface area (Å²) in [6.07, 6.45) is 1.97. The van der Waals surface area contributed by atoms with Gasteiger partial charge >= 0.3 is 13.1 Å². The first-order chi connectivity index (χ1) is 15.7. The second kappa shape index (κ2) is 9.48. The fraction of sp³-hybridized carbons (Fsp3) is 0.522. The summed E-state index contributed by atoms with van der Waals surface area (Å²) in [5.41, 5.74) is 2.15. The Hall–Kier alpha value is -2.36. The van der Waals surface area contributed by atoms with E-state index in [1.54, 1.807) is 6.07 Å². The van der Waals surface area contributed by atoms with Gasteiger partial charge in [-0.25, -0.2) is 0 Å². The van der Waals surface area contributed by atoms with E-state index in [2.05, 4.69) is 0 Å². The third-order valence-corrected chi connectivity index (χ3v) is 7.38. The number of halogens is 1. The van der Waals surface area contributed by atoms with Gasteiger partial charge in [0, 0.05) is 18.0 Å². The van der Waals surface area contributed by atoms with Gasteiger partial charge in [0.15, 0.2) is 0 Å². The molecule has 176 valence electrons. The average molecular weight is 476 g/mol. The zero-order valence-corrected chi connectivity index (χ0v) is 19.1. The molecule has 0 spiro atoms. The molecule has 3 aliphatic rings. The van der Waals surface area contributed by atoms with Gasteiger partial charge < -0.3 is 19.9 Å². The van der Waals surface area contributed by atoms with Crippen molar-refractivity contribution in [2.24, 2.45) is 17.8 Å². The minimum atomic E-state index is -1.20. The lowest BCUT2D eigenvalue weighted by molar-refractivity contribution is -0.141. The summed E-state index contributed by atoms with van der Waals surface area (Å²) in [6, 6.07) is 4.54. The van der Waals surface area contributed by atoms with Crippen LogP contribution in [0.5, 0.6) is 5.75 Å². The van der Waals surface area contributed by atoms with Crippen molar-refractivity contribution in [3.8, 4) is 5.75 Å². The molecule has 1 aromatic rings. The average Bonchev–Trinajstić information content (AvgIpc) is 2.97. The molecule has 2 saturated heterocycles. The maximum absolute atomic E-state index is 13.4. The summed E-state index contributed by atoms with van der Waals surface area (Å²) in [5.74, 6) is -2.64.